The van der Waals surface area contributed by atoms with Gasteiger partial charge in [-0.05, 0) is 95.3 Å². The Labute approximate surface area is 157 Å². The van der Waals surface area contributed by atoms with E-state index in [2.05, 4.69) is 11.4 Å². The normalized spacial score (nSPS) is 36.3. The van der Waals surface area contributed by atoms with E-state index in [0.717, 1.165) is 32.1 Å². The molecular formula is C22H33NO3. The quantitative estimate of drug-likeness (QED) is 0.573. The maximum absolute atomic E-state index is 12.9. The van der Waals surface area contributed by atoms with Gasteiger partial charge in [0, 0.05) is 6.54 Å². The second kappa shape index (κ2) is 7.36. The summed E-state index contributed by atoms with van der Waals surface area (Å²) in [5, 5.41) is 2.95. The SMILES string of the molecule is C[C@@H](OC(=O)C12CC3CC(CC(C3)C1)C2)C(=O)NCCC1=CCCCC1. The molecule has 4 bridgehead atoms. The van der Waals surface area contributed by atoms with E-state index in [4.69, 9.17) is 4.74 Å². The molecular weight excluding hydrogens is 326 g/mol. The lowest BCUT2D eigenvalue weighted by Crippen LogP contribution is -2.51. The minimum absolute atomic E-state index is 0.103. The number of ether oxygens (including phenoxy) is 1. The molecule has 0 heterocycles. The molecule has 4 nitrogen and oxygen atoms in total. The highest BCUT2D eigenvalue weighted by Gasteiger charge is 2.55. The Morgan fingerprint density at radius 3 is 2.38 bits per heavy atom. The zero-order valence-corrected chi connectivity index (χ0v) is 16.1. The first-order valence-corrected chi connectivity index (χ1v) is 10.7. The van der Waals surface area contributed by atoms with Crippen molar-refractivity contribution in [1.29, 1.82) is 0 Å². The summed E-state index contributed by atoms with van der Waals surface area (Å²) in [5.74, 6) is 1.87. The molecule has 0 saturated heterocycles. The van der Waals surface area contributed by atoms with Gasteiger partial charge in [0.25, 0.3) is 5.91 Å². The van der Waals surface area contributed by atoms with Crippen molar-refractivity contribution >= 4 is 11.9 Å². The molecule has 0 unspecified atom stereocenters. The summed E-state index contributed by atoms with van der Waals surface area (Å²) in [4.78, 5) is 25.3. The third-order valence-corrected chi connectivity index (χ3v) is 7.25. The molecule has 0 aliphatic heterocycles. The molecule has 5 aliphatic rings. The van der Waals surface area contributed by atoms with Crippen LogP contribution in [0.1, 0.15) is 77.6 Å². The molecule has 5 aliphatic carbocycles. The van der Waals surface area contributed by atoms with E-state index in [0.29, 0.717) is 24.3 Å². The number of carbonyl (C=O) groups excluding carboxylic acids is 2. The van der Waals surface area contributed by atoms with Gasteiger partial charge in [0.2, 0.25) is 0 Å². The Kier molecular flexibility index (Phi) is 5.11. The molecule has 4 saturated carbocycles. The first kappa shape index (κ1) is 18.1. The summed E-state index contributed by atoms with van der Waals surface area (Å²) in [6, 6.07) is 0. The molecule has 0 radical (unpaired) electrons. The maximum atomic E-state index is 12.9. The highest BCUT2D eigenvalue weighted by atomic mass is 16.5. The fourth-order valence-corrected chi connectivity index (χ4v) is 6.32. The lowest BCUT2D eigenvalue weighted by Gasteiger charge is -2.55. The van der Waals surface area contributed by atoms with Crippen molar-refractivity contribution in [2.24, 2.45) is 23.2 Å². The van der Waals surface area contributed by atoms with Gasteiger partial charge >= 0.3 is 5.97 Å². The van der Waals surface area contributed by atoms with Gasteiger partial charge in [0.1, 0.15) is 0 Å². The van der Waals surface area contributed by atoms with Crippen molar-refractivity contribution in [1.82, 2.24) is 5.32 Å². The summed E-state index contributed by atoms with van der Waals surface area (Å²) in [5.41, 5.74) is 1.17. The predicted molar refractivity (Wildman–Crippen MR) is 100 cm³/mol. The van der Waals surface area contributed by atoms with Crippen LogP contribution in [0.5, 0.6) is 0 Å². The van der Waals surface area contributed by atoms with Crippen LogP contribution < -0.4 is 5.32 Å². The predicted octanol–water partition coefficient (Wildman–Crippen LogP) is 4.14. The number of hydrogen-bond acceptors (Lipinski definition) is 3. The van der Waals surface area contributed by atoms with Crippen LogP contribution in [0.4, 0.5) is 0 Å². The Morgan fingerprint density at radius 1 is 1.15 bits per heavy atom. The maximum Gasteiger partial charge on any atom is 0.312 e. The largest absolute Gasteiger partial charge is 0.452 e. The zero-order valence-electron chi connectivity index (χ0n) is 16.1. The van der Waals surface area contributed by atoms with Crippen LogP contribution in [0.3, 0.4) is 0 Å². The van der Waals surface area contributed by atoms with E-state index in [-0.39, 0.29) is 17.3 Å². The number of nitrogens with one attached hydrogen (secondary N) is 1. The number of hydrogen-bond donors (Lipinski definition) is 1. The van der Waals surface area contributed by atoms with Gasteiger partial charge in [-0.3, -0.25) is 9.59 Å². The van der Waals surface area contributed by atoms with Crippen molar-refractivity contribution < 1.29 is 14.3 Å². The molecule has 0 aromatic heterocycles. The number of amides is 1. The smallest absolute Gasteiger partial charge is 0.312 e. The van der Waals surface area contributed by atoms with Gasteiger partial charge in [-0.25, -0.2) is 0 Å². The molecule has 0 aromatic carbocycles. The van der Waals surface area contributed by atoms with E-state index in [9.17, 15) is 9.59 Å². The van der Waals surface area contributed by atoms with Gasteiger partial charge in [0.15, 0.2) is 6.10 Å². The molecule has 26 heavy (non-hydrogen) atoms. The van der Waals surface area contributed by atoms with Crippen molar-refractivity contribution in [2.75, 3.05) is 6.54 Å². The highest BCUT2D eigenvalue weighted by Crippen LogP contribution is 2.60. The highest BCUT2D eigenvalue weighted by molar-refractivity contribution is 5.85. The lowest BCUT2D eigenvalue weighted by atomic mass is 9.49. The molecule has 144 valence electrons. The van der Waals surface area contributed by atoms with E-state index < -0.39 is 6.10 Å². The van der Waals surface area contributed by atoms with Crippen LogP contribution in [0, 0.1) is 23.2 Å². The molecule has 1 atom stereocenters. The number of allylic oxidation sites excluding steroid dienone is 1. The Bertz CT molecular complexity index is 559. The van der Waals surface area contributed by atoms with Crippen LogP contribution >= 0.6 is 0 Å². The summed E-state index contributed by atoms with van der Waals surface area (Å²) >= 11 is 0. The molecule has 1 N–H and O–H groups in total. The van der Waals surface area contributed by atoms with Crippen LogP contribution in [-0.4, -0.2) is 24.5 Å². The van der Waals surface area contributed by atoms with Crippen LogP contribution in [0.2, 0.25) is 0 Å². The fourth-order valence-electron chi connectivity index (χ4n) is 6.32. The van der Waals surface area contributed by atoms with Gasteiger partial charge in [-0.2, -0.15) is 0 Å². The van der Waals surface area contributed by atoms with E-state index in [1.807, 2.05) is 0 Å². The average molecular weight is 360 g/mol. The Morgan fingerprint density at radius 2 is 1.81 bits per heavy atom. The average Bonchev–Trinajstić information content (AvgIpc) is 2.61. The summed E-state index contributed by atoms with van der Waals surface area (Å²) in [6.07, 6.45) is 14.3. The molecule has 0 aromatic rings. The number of carbonyl (C=O) groups is 2. The van der Waals surface area contributed by atoms with Gasteiger partial charge in [0.05, 0.1) is 5.41 Å². The molecule has 0 spiro atoms. The van der Waals surface area contributed by atoms with Crippen molar-refractivity contribution in [3.63, 3.8) is 0 Å². The van der Waals surface area contributed by atoms with Crippen LogP contribution in [0.25, 0.3) is 0 Å². The Balaban J connectivity index is 1.26. The van der Waals surface area contributed by atoms with Crippen LogP contribution in [-0.2, 0) is 14.3 Å². The first-order valence-electron chi connectivity index (χ1n) is 10.7. The van der Waals surface area contributed by atoms with E-state index in [1.54, 1.807) is 6.92 Å². The number of esters is 1. The summed E-state index contributed by atoms with van der Waals surface area (Å²) in [6.45, 7) is 2.36. The first-order chi connectivity index (χ1) is 12.5. The van der Waals surface area contributed by atoms with E-state index in [1.165, 1.54) is 44.1 Å². The molecule has 4 fully saturated rings. The zero-order chi connectivity index (χ0) is 18.1. The second-order valence-electron chi connectivity index (χ2n) is 9.39. The minimum atomic E-state index is -0.684. The molecule has 1 amide bonds. The van der Waals surface area contributed by atoms with Gasteiger partial charge in [-0.15, -0.1) is 0 Å². The third-order valence-electron chi connectivity index (χ3n) is 7.25. The van der Waals surface area contributed by atoms with Crippen molar-refractivity contribution in [2.45, 2.75) is 83.7 Å². The van der Waals surface area contributed by atoms with Crippen molar-refractivity contribution in [3.05, 3.63) is 11.6 Å². The fraction of sp³-hybridized carbons (Fsp3) is 0.818. The van der Waals surface area contributed by atoms with Crippen molar-refractivity contribution in [3.8, 4) is 0 Å². The molecule has 5 rings (SSSR count). The van der Waals surface area contributed by atoms with Gasteiger partial charge in [-0.1, -0.05) is 11.6 Å². The second-order valence-corrected chi connectivity index (χ2v) is 9.39. The van der Waals surface area contributed by atoms with Gasteiger partial charge < -0.3 is 10.1 Å². The number of rotatable bonds is 6. The lowest BCUT2D eigenvalue weighted by molar-refractivity contribution is -0.178. The monoisotopic (exact) mass is 359 g/mol. The third kappa shape index (κ3) is 3.70. The summed E-state index contributed by atoms with van der Waals surface area (Å²) in [7, 11) is 0. The summed E-state index contributed by atoms with van der Waals surface area (Å²) < 4.78 is 5.67. The van der Waals surface area contributed by atoms with Crippen LogP contribution in [0.15, 0.2) is 11.6 Å². The molecule has 4 heteroatoms. The van der Waals surface area contributed by atoms with E-state index >= 15 is 0 Å². The minimum Gasteiger partial charge on any atom is -0.452 e. The standard InChI is InChI=1S/C22H33NO3/c1-15(20(24)23-8-7-16-5-3-2-4-6-16)26-21(25)22-12-17-9-18(13-22)11-19(10-17)14-22/h5,15,17-19H,2-4,6-14H2,1H3,(H,23,24)/t15-,17?,18?,19?,22?/m1/s1. The Hall–Kier alpha value is -1.32. The topological polar surface area (TPSA) is 55.4 Å².